The first-order chi connectivity index (χ1) is 8.65. The Hall–Kier alpha value is -1.51. The summed E-state index contributed by atoms with van der Waals surface area (Å²) in [5.41, 5.74) is 1.30. The van der Waals surface area contributed by atoms with Gasteiger partial charge in [-0.3, -0.25) is 4.79 Å². The van der Waals surface area contributed by atoms with Gasteiger partial charge in [0.05, 0.1) is 13.0 Å². The predicted molar refractivity (Wildman–Crippen MR) is 71.8 cm³/mol. The van der Waals surface area contributed by atoms with Crippen molar-refractivity contribution in [3.63, 3.8) is 0 Å². The van der Waals surface area contributed by atoms with Crippen LogP contribution in [0.4, 0.5) is 0 Å². The van der Waals surface area contributed by atoms with Crippen molar-refractivity contribution >= 4 is 5.91 Å². The van der Waals surface area contributed by atoms with E-state index >= 15 is 0 Å². The predicted octanol–water partition coefficient (Wildman–Crippen LogP) is 2.86. The quantitative estimate of drug-likeness (QED) is 0.839. The highest BCUT2D eigenvalue weighted by atomic mass is 16.5. The van der Waals surface area contributed by atoms with Crippen molar-refractivity contribution in [3.05, 3.63) is 29.8 Å². The number of nitrogens with one attached hydrogen (secondary N) is 1. The third-order valence-corrected chi connectivity index (χ3v) is 3.09. The van der Waals surface area contributed by atoms with Gasteiger partial charge in [0.25, 0.3) is 0 Å². The Morgan fingerprint density at radius 3 is 2.56 bits per heavy atom. The minimum absolute atomic E-state index is 0.0938. The molecule has 0 atom stereocenters. The van der Waals surface area contributed by atoms with Crippen LogP contribution in [0.15, 0.2) is 24.3 Å². The highest BCUT2D eigenvalue weighted by Crippen LogP contribution is 2.19. The fourth-order valence-electron chi connectivity index (χ4n) is 1.74. The summed E-state index contributed by atoms with van der Waals surface area (Å²) in [4.78, 5) is 11.4. The molecule has 0 saturated heterocycles. The Balaban J connectivity index is 1.70. The number of carbonyl (C=O) groups excluding carboxylic acids is 1. The number of hydrogen-bond acceptors (Lipinski definition) is 2. The molecule has 0 heterocycles. The van der Waals surface area contributed by atoms with Crippen molar-refractivity contribution in [1.29, 1.82) is 0 Å². The average molecular weight is 247 g/mol. The van der Waals surface area contributed by atoms with Crippen LogP contribution in [0.5, 0.6) is 5.75 Å². The zero-order valence-corrected chi connectivity index (χ0v) is 11.1. The molecular formula is C15H21NO2. The normalized spacial score (nSPS) is 14.6. The first-order valence-corrected chi connectivity index (χ1v) is 6.67. The van der Waals surface area contributed by atoms with Gasteiger partial charge in [0.1, 0.15) is 5.75 Å². The Morgan fingerprint density at radius 2 is 2.00 bits per heavy atom. The monoisotopic (exact) mass is 247 g/mol. The van der Waals surface area contributed by atoms with E-state index in [1.165, 1.54) is 5.56 Å². The van der Waals surface area contributed by atoms with Gasteiger partial charge in [0, 0.05) is 6.04 Å². The molecule has 1 saturated carbocycles. The molecule has 1 aromatic carbocycles. The second-order valence-electron chi connectivity index (χ2n) is 5.16. The van der Waals surface area contributed by atoms with Crippen molar-refractivity contribution in [2.75, 3.05) is 6.61 Å². The van der Waals surface area contributed by atoms with Crippen LogP contribution in [0.3, 0.4) is 0 Å². The van der Waals surface area contributed by atoms with Gasteiger partial charge in [0.15, 0.2) is 0 Å². The molecule has 3 nitrogen and oxygen atoms in total. The van der Waals surface area contributed by atoms with E-state index in [1.54, 1.807) is 0 Å². The molecule has 1 aliphatic rings. The van der Waals surface area contributed by atoms with E-state index in [1.807, 2.05) is 12.1 Å². The number of hydrogen-bond donors (Lipinski definition) is 1. The van der Waals surface area contributed by atoms with Crippen LogP contribution in [0.2, 0.25) is 0 Å². The molecule has 1 amide bonds. The summed E-state index contributed by atoms with van der Waals surface area (Å²) in [6.07, 6.45) is 2.69. The minimum Gasteiger partial charge on any atom is -0.493 e. The van der Waals surface area contributed by atoms with E-state index in [0.717, 1.165) is 18.6 Å². The molecule has 1 fully saturated rings. The molecular weight excluding hydrogens is 226 g/mol. The Kier molecular flexibility index (Phi) is 4.24. The molecule has 2 rings (SSSR count). The summed E-state index contributed by atoms with van der Waals surface area (Å²) >= 11 is 0. The van der Waals surface area contributed by atoms with Crippen LogP contribution in [0.25, 0.3) is 0 Å². The Morgan fingerprint density at radius 1 is 1.33 bits per heavy atom. The number of ether oxygens (including phenoxy) is 1. The molecule has 0 unspecified atom stereocenters. The summed E-state index contributed by atoms with van der Waals surface area (Å²) in [7, 11) is 0. The maximum atomic E-state index is 11.4. The Bertz CT molecular complexity index is 393. The first kappa shape index (κ1) is 12.9. The zero-order valence-electron chi connectivity index (χ0n) is 11.1. The van der Waals surface area contributed by atoms with Gasteiger partial charge in [-0.05, 0) is 36.5 Å². The lowest BCUT2D eigenvalue weighted by Crippen LogP contribution is -2.26. The topological polar surface area (TPSA) is 38.3 Å². The molecule has 1 aliphatic carbocycles. The molecule has 0 aliphatic heterocycles. The van der Waals surface area contributed by atoms with Crippen molar-refractivity contribution in [1.82, 2.24) is 5.32 Å². The van der Waals surface area contributed by atoms with Gasteiger partial charge < -0.3 is 10.1 Å². The molecule has 0 spiro atoms. The lowest BCUT2D eigenvalue weighted by Gasteiger charge is -2.09. The van der Waals surface area contributed by atoms with E-state index in [-0.39, 0.29) is 5.91 Å². The van der Waals surface area contributed by atoms with Gasteiger partial charge in [-0.1, -0.05) is 26.0 Å². The zero-order chi connectivity index (χ0) is 13.0. The van der Waals surface area contributed by atoms with Gasteiger partial charge in [-0.2, -0.15) is 0 Å². The van der Waals surface area contributed by atoms with Gasteiger partial charge in [-0.25, -0.2) is 0 Å². The lowest BCUT2D eigenvalue weighted by molar-refractivity contribution is -0.121. The number of benzene rings is 1. The van der Waals surface area contributed by atoms with E-state index in [4.69, 9.17) is 4.74 Å². The largest absolute Gasteiger partial charge is 0.493 e. The fraction of sp³-hybridized carbons (Fsp3) is 0.533. The van der Waals surface area contributed by atoms with Gasteiger partial charge in [0.2, 0.25) is 5.91 Å². The van der Waals surface area contributed by atoms with Crippen LogP contribution in [-0.2, 0) is 4.79 Å². The minimum atomic E-state index is 0.0938. The molecule has 98 valence electrons. The number of carbonyl (C=O) groups is 1. The standard InChI is InChI=1S/C15H21NO2/c1-11(2)12-3-7-14(8-4-12)18-10-9-15(17)16-13-5-6-13/h3-4,7-8,11,13H,5-6,9-10H2,1-2H3,(H,16,17). The molecule has 1 aromatic rings. The second-order valence-corrected chi connectivity index (χ2v) is 5.16. The van der Waals surface area contributed by atoms with Crippen LogP contribution < -0.4 is 10.1 Å². The van der Waals surface area contributed by atoms with E-state index in [0.29, 0.717) is 25.0 Å². The molecule has 0 aromatic heterocycles. The summed E-state index contributed by atoms with van der Waals surface area (Å²) in [6, 6.07) is 8.51. The van der Waals surface area contributed by atoms with Crippen LogP contribution in [-0.4, -0.2) is 18.6 Å². The Labute approximate surface area is 109 Å². The van der Waals surface area contributed by atoms with Crippen LogP contribution in [0.1, 0.15) is 44.6 Å². The highest BCUT2D eigenvalue weighted by Gasteiger charge is 2.22. The van der Waals surface area contributed by atoms with Crippen LogP contribution in [0, 0.1) is 0 Å². The van der Waals surface area contributed by atoms with Gasteiger partial charge in [-0.15, -0.1) is 0 Å². The number of rotatable bonds is 6. The maximum Gasteiger partial charge on any atom is 0.223 e. The molecule has 0 bridgehead atoms. The lowest BCUT2D eigenvalue weighted by atomic mass is 10.0. The van der Waals surface area contributed by atoms with E-state index in [2.05, 4.69) is 31.3 Å². The molecule has 3 heteroatoms. The maximum absolute atomic E-state index is 11.4. The van der Waals surface area contributed by atoms with Crippen molar-refractivity contribution in [2.24, 2.45) is 0 Å². The third kappa shape index (κ3) is 4.06. The van der Waals surface area contributed by atoms with Gasteiger partial charge >= 0.3 is 0 Å². The summed E-state index contributed by atoms with van der Waals surface area (Å²) in [5.74, 6) is 1.46. The average Bonchev–Trinajstić information content (AvgIpc) is 3.13. The second kappa shape index (κ2) is 5.89. The highest BCUT2D eigenvalue weighted by molar-refractivity contribution is 5.76. The smallest absolute Gasteiger partial charge is 0.223 e. The fourth-order valence-corrected chi connectivity index (χ4v) is 1.74. The van der Waals surface area contributed by atoms with E-state index in [9.17, 15) is 4.79 Å². The molecule has 0 radical (unpaired) electrons. The molecule has 1 N–H and O–H groups in total. The van der Waals surface area contributed by atoms with Crippen molar-refractivity contribution < 1.29 is 9.53 Å². The first-order valence-electron chi connectivity index (χ1n) is 6.67. The summed E-state index contributed by atoms with van der Waals surface area (Å²) in [5, 5.41) is 2.95. The number of amides is 1. The van der Waals surface area contributed by atoms with Crippen LogP contribution >= 0.6 is 0 Å². The molecule has 18 heavy (non-hydrogen) atoms. The third-order valence-electron chi connectivity index (χ3n) is 3.09. The summed E-state index contributed by atoms with van der Waals surface area (Å²) in [6.45, 7) is 4.77. The summed E-state index contributed by atoms with van der Waals surface area (Å²) < 4.78 is 5.55. The van der Waals surface area contributed by atoms with E-state index < -0.39 is 0 Å². The van der Waals surface area contributed by atoms with Crippen molar-refractivity contribution in [3.8, 4) is 5.75 Å². The van der Waals surface area contributed by atoms with Crippen molar-refractivity contribution in [2.45, 2.75) is 45.1 Å². The SMILES string of the molecule is CC(C)c1ccc(OCCC(=O)NC2CC2)cc1.